The lowest BCUT2D eigenvalue weighted by atomic mass is 10.1. The molecule has 0 aromatic carbocycles. The average Bonchev–Trinajstić information content (AvgIpc) is 3.02. The third-order valence-electron chi connectivity index (χ3n) is 2.88. The van der Waals surface area contributed by atoms with Gasteiger partial charge in [-0.2, -0.15) is 0 Å². The number of aromatic nitrogens is 3. The average molecular weight is 296 g/mol. The highest BCUT2D eigenvalue weighted by molar-refractivity contribution is 7.13. The second-order valence-corrected chi connectivity index (χ2v) is 6.65. The van der Waals surface area contributed by atoms with Crippen molar-refractivity contribution < 1.29 is 0 Å². The molecule has 4 nitrogen and oxygen atoms in total. The smallest absolute Gasteiger partial charge is 0.147 e. The fourth-order valence-corrected chi connectivity index (χ4v) is 2.82. The van der Waals surface area contributed by atoms with Crippen LogP contribution in [0.3, 0.4) is 0 Å². The number of pyridine rings is 1. The summed E-state index contributed by atoms with van der Waals surface area (Å²) in [6.07, 6.45) is 7.40. The molecule has 21 heavy (non-hydrogen) atoms. The molecule has 3 aromatic rings. The lowest BCUT2D eigenvalue weighted by Gasteiger charge is -2.22. The highest BCUT2D eigenvalue weighted by Gasteiger charge is 2.20. The molecule has 0 amide bonds. The molecule has 0 atom stereocenters. The summed E-state index contributed by atoms with van der Waals surface area (Å²) >= 11 is 1.51. The molecule has 3 rings (SSSR count). The zero-order valence-corrected chi connectivity index (χ0v) is 13.0. The lowest BCUT2D eigenvalue weighted by Crippen LogP contribution is -2.27. The van der Waals surface area contributed by atoms with Gasteiger partial charge in [0.05, 0.1) is 0 Å². The first-order valence-electron chi connectivity index (χ1n) is 6.66. The molecule has 0 radical (unpaired) electrons. The van der Waals surface area contributed by atoms with E-state index in [0.29, 0.717) is 5.69 Å². The predicted octanol–water partition coefficient (Wildman–Crippen LogP) is 3.65. The highest BCUT2D eigenvalue weighted by atomic mass is 32.1. The van der Waals surface area contributed by atoms with Gasteiger partial charge in [-0.1, -0.05) is 6.07 Å². The number of anilines is 1. The van der Waals surface area contributed by atoms with E-state index in [0.717, 1.165) is 22.2 Å². The summed E-state index contributed by atoms with van der Waals surface area (Å²) < 4.78 is 2.04. The molecule has 0 saturated carbocycles. The van der Waals surface area contributed by atoms with Gasteiger partial charge < -0.3 is 5.32 Å². The summed E-state index contributed by atoms with van der Waals surface area (Å²) in [6.45, 7) is 6.36. The monoisotopic (exact) mass is 296 g/mol. The number of rotatable bonds is 2. The summed E-state index contributed by atoms with van der Waals surface area (Å²) in [6, 6.07) is 5.94. The number of hydrogen-bond acceptors (Lipinski definition) is 4. The van der Waals surface area contributed by atoms with E-state index >= 15 is 0 Å². The Morgan fingerprint density at radius 2 is 2.10 bits per heavy atom. The second kappa shape index (κ2) is 4.90. The van der Waals surface area contributed by atoms with Crippen molar-refractivity contribution in [3.63, 3.8) is 0 Å². The maximum atomic E-state index is 5.41. The van der Waals surface area contributed by atoms with Gasteiger partial charge in [-0.3, -0.25) is 4.40 Å². The molecule has 1 N–H and O–H groups in total. The van der Waals surface area contributed by atoms with Crippen molar-refractivity contribution in [1.29, 1.82) is 0 Å². The van der Waals surface area contributed by atoms with E-state index in [9.17, 15) is 0 Å². The Labute approximate surface area is 127 Å². The molecule has 0 spiro atoms. The van der Waals surface area contributed by atoms with E-state index in [1.807, 2.05) is 34.2 Å². The number of nitrogens with one attached hydrogen (secondary N) is 1. The zero-order chi connectivity index (χ0) is 15.0. The summed E-state index contributed by atoms with van der Waals surface area (Å²) in [5.74, 6) is 3.50. The third-order valence-corrected chi connectivity index (χ3v) is 3.73. The SMILES string of the molecule is C#Cc1csc(-c2nc3ccccn3c2NC(C)(C)C)n1. The molecule has 3 aromatic heterocycles. The maximum Gasteiger partial charge on any atom is 0.147 e. The summed E-state index contributed by atoms with van der Waals surface area (Å²) in [7, 11) is 0. The van der Waals surface area contributed by atoms with Crippen molar-refractivity contribution in [2.45, 2.75) is 26.3 Å². The third kappa shape index (κ3) is 2.63. The molecule has 0 saturated heterocycles. The molecular formula is C16H16N4S. The van der Waals surface area contributed by atoms with E-state index in [2.05, 4.69) is 37.0 Å². The first-order valence-corrected chi connectivity index (χ1v) is 7.54. The van der Waals surface area contributed by atoms with Crippen molar-refractivity contribution in [1.82, 2.24) is 14.4 Å². The Hall–Kier alpha value is -2.32. The van der Waals surface area contributed by atoms with Crippen molar-refractivity contribution in [3.8, 4) is 23.0 Å². The van der Waals surface area contributed by atoms with E-state index < -0.39 is 0 Å². The summed E-state index contributed by atoms with van der Waals surface area (Å²) in [5, 5.41) is 6.22. The van der Waals surface area contributed by atoms with E-state index in [-0.39, 0.29) is 5.54 Å². The van der Waals surface area contributed by atoms with Gasteiger partial charge in [-0.15, -0.1) is 17.8 Å². The van der Waals surface area contributed by atoms with Crippen LogP contribution in [0.2, 0.25) is 0 Å². The van der Waals surface area contributed by atoms with Gasteiger partial charge in [0.15, 0.2) is 0 Å². The maximum absolute atomic E-state index is 5.41. The van der Waals surface area contributed by atoms with Crippen LogP contribution in [-0.2, 0) is 0 Å². The topological polar surface area (TPSA) is 42.2 Å². The molecule has 0 aliphatic heterocycles. The highest BCUT2D eigenvalue weighted by Crippen LogP contribution is 2.32. The number of hydrogen-bond donors (Lipinski definition) is 1. The largest absolute Gasteiger partial charge is 0.365 e. The summed E-state index contributed by atoms with van der Waals surface area (Å²) in [4.78, 5) is 9.15. The Balaban J connectivity index is 2.21. The van der Waals surface area contributed by atoms with Crippen LogP contribution in [0.4, 0.5) is 5.82 Å². The second-order valence-electron chi connectivity index (χ2n) is 5.80. The quantitative estimate of drug-likeness (QED) is 0.734. The van der Waals surface area contributed by atoms with Gasteiger partial charge in [-0.05, 0) is 38.8 Å². The minimum Gasteiger partial charge on any atom is -0.365 e. The minimum atomic E-state index is -0.0766. The van der Waals surface area contributed by atoms with E-state index in [4.69, 9.17) is 11.4 Å². The molecule has 0 unspecified atom stereocenters. The van der Waals surface area contributed by atoms with Crippen LogP contribution in [0.1, 0.15) is 26.5 Å². The number of terminal acetylenes is 1. The predicted molar refractivity (Wildman–Crippen MR) is 87.6 cm³/mol. The van der Waals surface area contributed by atoms with Gasteiger partial charge in [0.1, 0.15) is 27.9 Å². The normalized spacial score (nSPS) is 11.5. The zero-order valence-electron chi connectivity index (χ0n) is 12.2. The standard InChI is InChI=1S/C16H16N4S/c1-5-11-10-21-15(17-11)13-14(19-16(2,3)4)20-9-7-6-8-12(20)18-13/h1,6-10,19H,2-4H3. The van der Waals surface area contributed by atoms with E-state index in [1.54, 1.807) is 0 Å². The van der Waals surface area contributed by atoms with Crippen molar-refractivity contribution in [3.05, 3.63) is 35.5 Å². The molecule has 0 fully saturated rings. The van der Waals surface area contributed by atoms with Gasteiger partial charge in [-0.25, -0.2) is 9.97 Å². The molecule has 3 heterocycles. The Morgan fingerprint density at radius 3 is 2.76 bits per heavy atom. The Kier molecular flexibility index (Phi) is 3.19. The number of thiazole rings is 1. The number of imidazole rings is 1. The molecule has 0 aliphatic rings. The van der Waals surface area contributed by atoms with Gasteiger partial charge in [0.25, 0.3) is 0 Å². The molecule has 0 aliphatic carbocycles. The Bertz CT molecular complexity index is 830. The summed E-state index contributed by atoms with van der Waals surface area (Å²) in [5.41, 5.74) is 2.29. The first kappa shape index (κ1) is 13.7. The van der Waals surface area contributed by atoms with Crippen LogP contribution in [0.5, 0.6) is 0 Å². The van der Waals surface area contributed by atoms with Crippen molar-refractivity contribution in [2.75, 3.05) is 5.32 Å². The van der Waals surface area contributed by atoms with Gasteiger partial charge in [0, 0.05) is 17.1 Å². The van der Waals surface area contributed by atoms with Crippen molar-refractivity contribution >= 4 is 22.8 Å². The van der Waals surface area contributed by atoms with Crippen LogP contribution in [0, 0.1) is 12.3 Å². The fourth-order valence-electron chi connectivity index (χ4n) is 2.07. The van der Waals surface area contributed by atoms with Crippen LogP contribution >= 0.6 is 11.3 Å². The van der Waals surface area contributed by atoms with Gasteiger partial charge in [0.2, 0.25) is 0 Å². The Morgan fingerprint density at radius 1 is 1.29 bits per heavy atom. The molecule has 0 bridgehead atoms. The molecular weight excluding hydrogens is 280 g/mol. The minimum absolute atomic E-state index is 0.0766. The van der Waals surface area contributed by atoms with Crippen LogP contribution in [-0.4, -0.2) is 19.9 Å². The van der Waals surface area contributed by atoms with E-state index in [1.165, 1.54) is 11.3 Å². The van der Waals surface area contributed by atoms with Gasteiger partial charge >= 0.3 is 0 Å². The molecule has 5 heteroatoms. The first-order chi connectivity index (χ1) is 9.98. The van der Waals surface area contributed by atoms with Crippen LogP contribution in [0.15, 0.2) is 29.8 Å². The van der Waals surface area contributed by atoms with Crippen molar-refractivity contribution in [2.24, 2.45) is 0 Å². The fraction of sp³-hybridized carbons (Fsp3) is 0.250. The lowest BCUT2D eigenvalue weighted by molar-refractivity contribution is 0.629. The number of nitrogens with zero attached hydrogens (tertiary/aromatic N) is 3. The molecule has 106 valence electrons. The van der Waals surface area contributed by atoms with Crippen LogP contribution < -0.4 is 5.32 Å². The van der Waals surface area contributed by atoms with Crippen LogP contribution in [0.25, 0.3) is 16.3 Å². The number of fused-ring (bicyclic) bond motifs is 1.